The average molecular weight is 681 g/mol. The Balaban J connectivity index is 1.17. The standard InChI is InChI=1S/C31H30F2N8O4S2/c1-14-23(29-40-25-21(47-29)7-8-35-24(25)15-5-6-15)28(41-30(37-14)36-12-16-17(32)3-2-4-18(16)33)38-19-11-20(27(43)26(19)42)39-31(44)45-13-22-34-9-10-46-22/h2-4,7-10,15,19-20,26-27,42-43H,5-6,11-13H2,1H3,(H,39,44)(H2,36,37,38,41)/t19-,20+,26+,27-/m1/s1. The molecule has 16 heteroatoms. The molecule has 0 aliphatic heterocycles. The molecular weight excluding hydrogens is 651 g/mol. The second-order valence-electron chi connectivity index (χ2n) is 11.5. The van der Waals surface area contributed by atoms with Crippen molar-refractivity contribution in [3.63, 3.8) is 0 Å². The van der Waals surface area contributed by atoms with Crippen LogP contribution in [0.4, 0.5) is 25.3 Å². The van der Waals surface area contributed by atoms with Gasteiger partial charge in [-0.2, -0.15) is 4.98 Å². The third-order valence-electron chi connectivity index (χ3n) is 8.21. The fourth-order valence-electron chi connectivity index (χ4n) is 5.66. The summed E-state index contributed by atoms with van der Waals surface area (Å²) < 4.78 is 34.9. The highest BCUT2D eigenvalue weighted by Crippen LogP contribution is 2.44. The number of benzene rings is 1. The second kappa shape index (κ2) is 13.0. The monoisotopic (exact) mass is 680 g/mol. The van der Waals surface area contributed by atoms with E-state index in [1.165, 1.54) is 40.9 Å². The number of carbonyl (C=O) groups excluding carboxylic acids is 1. The van der Waals surface area contributed by atoms with Crippen LogP contribution in [0.25, 0.3) is 20.8 Å². The smallest absolute Gasteiger partial charge is 0.407 e. The van der Waals surface area contributed by atoms with E-state index >= 15 is 0 Å². The molecule has 47 heavy (non-hydrogen) atoms. The topological polar surface area (TPSA) is 167 Å². The number of fused-ring (bicyclic) bond motifs is 1. The minimum Gasteiger partial charge on any atom is -0.442 e. The molecule has 2 aliphatic rings. The SMILES string of the molecule is Cc1nc(NCc2c(F)cccc2F)nc(N[C@@H]2C[C@H](NC(=O)OCc3nccs3)[C@@H](O)[C@H]2O)c1-c1nc2c(C3CC3)nccc2s1. The number of rotatable bonds is 10. The van der Waals surface area contributed by atoms with E-state index in [9.17, 15) is 23.8 Å². The van der Waals surface area contributed by atoms with E-state index in [-0.39, 0.29) is 36.9 Å². The third-order valence-corrected chi connectivity index (χ3v) is 10.00. The molecule has 2 fully saturated rings. The number of aryl methyl sites for hydroxylation is 1. The number of amides is 1. The molecule has 0 saturated heterocycles. The summed E-state index contributed by atoms with van der Waals surface area (Å²) in [6.07, 6.45) is 2.30. The maximum atomic E-state index is 14.4. The molecular formula is C31H30F2N8O4S2. The molecule has 244 valence electrons. The minimum atomic E-state index is -1.30. The van der Waals surface area contributed by atoms with Crippen molar-refractivity contribution in [3.05, 3.63) is 75.6 Å². The quantitative estimate of drug-likeness (QED) is 0.136. The van der Waals surface area contributed by atoms with Crippen molar-refractivity contribution in [2.24, 2.45) is 0 Å². The van der Waals surface area contributed by atoms with Crippen LogP contribution < -0.4 is 16.0 Å². The normalized spacial score (nSPS) is 20.8. The number of aliphatic hydroxyl groups excluding tert-OH is 2. The Kier molecular flexibility index (Phi) is 8.65. The van der Waals surface area contributed by atoms with E-state index in [0.29, 0.717) is 27.2 Å². The maximum Gasteiger partial charge on any atom is 0.407 e. The molecule has 1 amide bonds. The number of ether oxygens (including phenoxy) is 1. The summed E-state index contributed by atoms with van der Waals surface area (Å²) in [6.45, 7) is 1.53. The van der Waals surface area contributed by atoms with Crippen molar-refractivity contribution in [1.82, 2.24) is 30.2 Å². The van der Waals surface area contributed by atoms with Crippen LogP contribution in [-0.2, 0) is 17.9 Å². The lowest BCUT2D eigenvalue weighted by Gasteiger charge is -2.21. The van der Waals surface area contributed by atoms with E-state index in [1.54, 1.807) is 24.7 Å². The first kappa shape index (κ1) is 31.2. The van der Waals surface area contributed by atoms with E-state index in [1.807, 2.05) is 6.07 Å². The number of aliphatic hydroxyl groups is 2. The van der Waals surface area contributed by atoms with Gasteiger partial charge in [0.15, 0.2) is 0 Å². The van der Waals surface area contributed by atoms with Gasteiger partial charge < -0.3 is 30.9 Å². The molecule has 0 spiro atoms. The summed E-state index contributed by atoms with van der Waals surface area (Å²) in [5, 5.41) is 33.7. The number of carbonyl (C=O) groups is 1. The van der Waals surface area contributed by atoms with Crippen molar-refractivity contribution < 1.29 is 28.5 Å². The number of hydrogen-bond acceptors (Lipinski definition) is 13. The van der Waals surface area contributed by atoms with Gasteiger partial charge in [-0.3, -0.25) is 4.98 Å². The van der Waals surface area contributed by atoms with Gasteiger partial charge in [-0.15, -0.1) is 22.7 Å². The van der Waals surface area contributed by atoms with Gasteiger partial charge in [-0.1, -0.05) is 6.07 Å². The average Bonchev–Trinajstić information content (AvgIpc) is 3.47. The molecule has 4 heterocycles. The number of nitrogens with zero attached hydrogens (tertiary/aromatic N) is 5. The van der Waals surface area contributed by atoms with Crippen LogP contribution in [0.5, 0.6) is 0 Å². The maximum absolute atomic E-state index is 14.4. The van der Waals surface area contributed by atoms with Gasteiger partial charge in [0.25, 0.3) is 0 Å². The van der Waals surface area contributed by atoms with Crippen LogP contribution in [0.3, 0.4) is 0 Å². The fourth-order valence-corrected chi connectivity index (χ4v) is 7.25. The van der Waals surface area contributed by atoms with Crippen LogP contribution in [0.15, 0.2) is 42.0 Å². The summed E-state index contributed by atoms with van der Waals surface area (Å²) >= 11 is 2.79. The van der Waals surface area contributed by atoms with Gasteiger partial charge in [0.1, 0.15) is 51.8 Å². The van der Waals surface area contributed by atoms with Crippen molar-refractivity contribution >= 4 is 50.7 Å². The number of alkyl carbamates (subject to hydrolysis) is 1. The lowest BCUT2D eigenvalue weighted by molar-refractivity contribution is 0.0254. The summed E-state index contributed by atoms with van der Waals surface area (Å²) in [6, 6.07) is 3.97. The predicted molar refractivity (Wildman–Crippen MR) is 172 cm³/mol. The van der Waals surface area contributed by atoms with E-state index in [0.717, 1.165) is 28.8 Å². The Morgan fingerprint density at radius 1 is 1.04 bits per heavy atom. The number of halogens is 2. The van der Waals surface area contributed by atoms with Crippen LogP contribution >= 0.6 is 22.7 Å². The molecule has 1 aromatic carbocycles. The minimum absolute atomic E-state index is 0.0210. The Morgan fingerprint density at radius 2 is 1.83 bits per heavy atom. The van der Waals surface area contributed by atoms with Crippen molar-refractivity contribution in [2.75, 3.05) is 10.6 Å². The highest BCUT2D eigenvalue weighted by molar-refractivity contribution is 7.21. The van der Waals surface area contributed by atoms with Gasteiger partial charge in [0.2, 0.25) is 5.95 Å². The molecule has 0 bridgehead atoms. The summed E-state index contributed by atoms with van der Waals surface area (Å²) in [5.74, 6) is -0.651. The molecule has 12 nitrogen and oxygen atoms in total. The van der Waals surface area contributed by atoms with Gasteiger partial charge in [0, 0.05) is 35.8 Å². The van der Waals surface area contributed by atoms with Crippen molar-refractivity contribution in [1.29, 1.82) is 0 Å². The van der Waals surface area contributed by atoms with E-state index < -0.39 is 42.0 Å². The zero-order valence-corrected chi connectivity index (χ0v) is 26.6. The number of aromatic nitrogens is 5. The van der Waals surface area contributed by atoms with Crippen LogP contribution in [0.2, 0.25) is 0 Å². The summed E-state index contributed by atoms with van der Waals surface area (Å²) in [5.41, 5.74) is 2.69. The molecule has 7 rings (SSSR count). The van der Waals surface area contributed by atoms with Crippen LogP contribution in [0.1, 0.15) is 47.1 Å². The third kappa shape index (κ3) is 6.58. The molecule has 2 saturated carbocycles. The number of hydrogen-bond donors (Lipinski definition) is 5. The molecule has 5 N–H and O–H groups in total. The van der Waals surface area contributed by atoms with Gasteiger partial charge >= 0.3 is 6.09 Å². The molecule has 0 radical (unpaired) electrons. The van der Waals surface area contributed by atoms with Crippen molar-refractivity contribution in [2.45, 2.75) is 69.5 Å². The zero-order chi connectivity index (χ0) is 32.7. The lowest BCUT2D eigenvalue weighted by Crippen LogP contribution is -2.43. The number of thiazole rings is 2. The van der Waals surface area contributed by atoms with Gasteiger partial charge in [0.05, 0.1) is 33.7 Å². The van der Waals surface area contributed by atoms with Gasteiger partial charge in [-0.05, 0) is 44.4 Å². The van der Waals surface area contributed by atoms with Crippen LogP contribution in [0, 0.1) is 18.6 Å². The molecule has 4 aromatic heterocycles. The Morgan fingerprint density at radius 3 is 2.57 bits per heavy atom. The molecule has 0 unspecified atom stereocenters. The Labute approximate surface area is 275 Å². The van der Waals surface area contributed by atoms with Crippen molar-refractivity contribution in [3.8, 4) is 10.6 Å². The number of nitrogens with one attached hydrogen (secondary N) is 3. The highest BCUT2D eigenvalue weighted by Gasteiger charge is 2.43. The Bertz CT molecular complexity index is 1900. The van der Waals surface area contributed by atoms with Gasteiger partial charge in [-0.25, -0.2) is 28.5 Å². The number of pyridine rings is 1. The second-order valence-corrected chi connectivity index (χ2v) is 13.5. The first-order chi connectivity index (χ1) is 22.7. The summed E-state index contributed by atoms with van der Waals surface area (Å²) in [7, 11) is 0. The molecule has 5 aromatic rings. The van der Waals surface area contributed by atoms with Crippen LogP contribution in [-0.4, -0.2) is 65.5 Å². The Hall–Kier alpha value is -4.38. The van der Waals surface area contributed by atoms with E-state index in [2.05, 4.69) is 35.9 Å². The lowest BCUT2D eigenvalue weighted by atomic mass is 10.1. The largest absolute Gasteiger partial charge is 0.442 e. The predicted octanol–water partition coefficient (Wildman–Crippen LogP) is 4.88. The van der Waals surface area contributed by atoms with E-state index in [4.69, 9.17) is 9.72 Å². The first-order valence-electron chi connectivity index (χ1n) is 15.0. The molecule has 4 atom stereocenters. The first-order valence-corrected chi connectivity index (χ1v) is 16.7. The summed E-state index contributed by atoms with van der Waals surface area (Å²) in [4.78, 5) is 35.3. The highest BCUT2D eigenvalue weighted by atomic mass is 32.1. The molecule has 2 aliphatic carbocycles. The zero-order valence-electron chi connectivity index (χ0n) is 25.0. The fraction of sp³-hybridized carbons (Fsp3) is 0.355. The number of anilines is 2.